The largest absolute Gasteiger partial charge is 0.312 e. The fraction of sp³-hybridized carbons (Fsp3) is 0.167. The van der Waals surface area contributed by atoms with E-state index in [4.69, 9.17) is 11.0 Å². The molecule has 2 rings (SSSR count). The Kier molecular flexibility index (Phi) is 2.47. The van der Waals surface area contributed by atoms with E-state index in [1.165, 1.54) is 4.57 Å². The second kappa shape index (κ2) is 3.80. The molecule has 0 aliphatic carbocycles. The van der Waals surface area contributed by atoms with Gasteiger partial charge in [-0.2, -0.15) is 5.26 Å². The van der Waals surface area contributed by atoms with Crippen LogP contribution in [0, 0.1) is 11.3 Å². The Hall–Kier alpha value is -2.12. The van der Waals surface area contributed by atoms with Crippen molar-refractivity contribution >= 4 is 10.9 Å². The maximum atomic E-state index is 11.9. The summed E-state index contributed by atoms with van der Waals surface area (Å²) >= 11 is 0. The quantitative estimate of drug-likeness (QED) is 0.769. The first-order valence-corrected chi connectivity index (χ1v) is 4.89. The van der Waals surface area contributed by atoms with Crippen molar-refractivity contribution in [1.29, 1.82) is 5.26 Å². The highest BCUT2D eigenvalue weighted by atomic mass is 16.1. The number of hydrogen-bond donors (Lipinski definition) is 1. The van der Waals surface area contributed by atoms with Crippen LogP contribution in [0.15, 0.2) is 35.1 Å². The molecule has 1 heterocycles. The van der Waals surface area contributed by atoms with Gasteiger partial charge < -0.3 is 10.3 Å². The van der Waals surface area contributed by atoms with Crippen LogP contribution in [0.4, 0.5) is 0 Å². The van der Waals surface area contributed by atoms with Crippen LogP contribution in [0.2, 0.25) is 0 Å². The highest BCUT2D eigenvalue weighted by Crippen LogP contribution is 2.14. The summed E-state index contributed by atoms with van der Waals surface area (Å²) in [6, 6.07) is 10.2. The Bertz CT molecular complexity index is 637. The molecule has 0 aliphatic rings. The van der Waals surface area contributed by atoms with Gasteiger partial charge in [-0.25, -0.2) is 0 Å². The summed E-state index contributed by atoms with van der Waals surface area (Å²) in [6.07, 6.45) is 0. The number of nitriles is 1. The highest BCUT2D eigenvalue weighted by Gasteiger charge is 2.12. The molecule has 0 fully saturated rings. The van der Waals surface area contributed by atoms with Crippen LogP contribution in [-0.2, 0) is 7.05 Å². The number of fused-ring (bicyclic) bond motifs is 1. The lowest BCUT2D eigenvalue weighted by Crippen LogP contribution is -2.26. The molecule has 4 nitrogen and oxygen atoms in total. The molecule has 0 saturated heterocycles. The second-order valence-corrected chi connectivity index (χ2v) is 3.63. The van der Waals surface area contributed by atoms with E-state index in [-0.39, 0.29) is 5.56 Å². The number of benzene rings is 1. The molecule has 0 aliphatic heterocycles. The minimum atomic E-state index is -0.872. The second-order valence-electron chi connectivity index (χ2n) is 3.63. The molecular weight excluding hydrogens is 202 g/mol. The lowest BCUT2D eigenvalue weighted by atomic mass is 10.1. The van der Waals surface area contributed by atoms with E-state index in [1.807, 2.05) is 30.3 Å². The molecule has 0 unspecified atom stereocenters. The Morgan fingerprint density at radius 2 is 2.12 bits per heavy atom. The van der Waals surface area contributed by atoms with Crippen molar-refractivity contribution in [3.8, 4) is 6.07 Å². The number of nitrogens with zero attached hydrogens (tertiary/aromatic N) is 2. The van der Waals surface area contributed by atoms with Gasteiger partial charge in [-0.1, -0.05) is 18.2 Å². The summed E-state index contributed by atoms with van der Waals surface area (Å²) in [5.41, 5.74) is 6.54. The van der Waals surface area contributed by atoms with Crippen molar-refractivity contribution in [3.05, 3.63) is 46.2 Å². The normalized spacial score (nSPS) is 12.3. The van der Waals surface area contributed by atoms with Gasteiger partial charge in [-0.15, -0.1) is 0 Å². The number of aryl methyl sites for hydroxylation is 1. The van der Waals surface area contributed by atoms with Crippen LogP contribution in [0.5, 0.6) is 0 Å². The SMILES string of the molecule is Cn1c(=O)c([C@@H](N)C#N)cc2ccccc21. The van der Waals surface area contributed by atoms with Gasteiger partial charge in [0.2, 0.25) is 0 Å². The molecule has 0 amide bonds. The van der Waals surface area contributed by atoms with Crippen LogP contribution in [0.25, 0.3) is 10.9 Å². The van der Waals surface area contributed by atoms with Crippen LogP contribution in [-0.4, -0.2) is 4.57 Å². The van der Waals surface area contributed by atoms with E-state index in [0.717, 1.165) is 10.9 Å². The number of nitrogens with two attached hydrogens (primary N) is 1. The van der Waals surface area contributed by atoms with E-state index in [1.54, 1.807) is 13.1 Å². The van der Waals surface area contributed by atoms with Gasteiger partial charge in [0.05, 0.1) is 11.6 Å². The van der Waals surface area contributed by atoms with Crippen LogP contribution < -0.4 is 11.3 Å². The molecule has 2 aromatic rings. The third kappa shape index (κ3) is 1.47. The first-order chi connectivity index (χ1) is 7.65. The van der Waals surface area contributed by atoms with E-state index in [2.05, 4.69) is 0 Å². The molecule has 0 spiro atoms. The molecule has 16 heavy (non-hydrogen) atoms. The van der Waals surface area contributed by atoms with Gasteiger partial charge in [0.25, 0.3) is 5.56 Å². The maximum Gasteiger partial charge on any atom is 0.256 e. The van der Waals surface area contributed by atoms with Crippen molar-refractivity contribution in [2.45, 2.75) is 6.04 Å². The van der Waals surface area contributed by atoms with Gasteiger partial charge in [-0.3, -0.25) is 4.79 Å². The average molecular weight is 213 g/mol. The number of rotatable bonds is 1. The Labute approximate surface area is 92.5 Å². The van der Waals surface area contributed by atoms with E-state index in [0.29, 0.717) is 5.56 Å². The maximum absolute atomic E-state index is 11.9. The number of aromatic nitrogens is 1. The van der Waals surface area contributed by atoms with Gasteiger partial charge in [0, 0.05) is 12.6 Å². The first kappa shape index (κ1) is 10.4. The smallest absolute Gasteiger partial charge is 0.256 e. The topological polar surface area (TPSA) is 71.8 Å². The summed E-state index contributed by atoms with van der Waals surface area (Å²) in [6.45, 7) is 0. The first-order valence-electron chi connectivity index (χ1n) is 4.89. The van der Waals surface area contributed by atoms with E-state index < -0.39 is 6.04 Å². The fourth-order valence-corrected chi connectivity index (χ4v) is 1.74. The van der Waals surface area contributed by atoms with Crippen LogP contribution in [0.3, 0.4) is 0 Å². The van der Waals surface area contributed by atoms with Gasteiger partial charge in [0.1, 0.15) is 6.04 Å². The Balaban J connectivity index is 2.85. The molecule has 0 saturated carbocycles. The molecule has 1 atom stereocenters. The fourth-order valence-electron chi connectivity index (χ4n) is 1.74. The Morgan fingerprint density at radius 3 is 2.81 bits per heavy atom. The third-order valence-corrected chi connectivity index (χ3v) is 2.63. The van der Waals surface area contributed by atoms with Crippen LogP contribution in [0.1, 0.15) is 11.6 Å². The zero-order valence-corrected chi connectivity index (χ0v) is 8.84. The lowest BCUT2D eigenvalue weighted by molar-refractivity contribution is 0.833. The number of pyridine rings is 1. The van der Waals surface area contributed by atoms with Crippen molar-refractivity contribution < 1.29 is 0 Å². The predicted molar refractivity (Wildman–Crippen MR) is 61.7 cm³/mol. The van der Waals surface area contributed by atoms with Crippen LogP contribution >= 0.6 is 0 Å². The van der Waals surface area contributed by atoms with E-state index in [9.17, 15) is 4.79 Å². The molecule has 0 radical (unpaired) electrons. The molecule has 4 heteroatoms. The zero-order valence-electron chi connectivity index (χ0n) is 8.84. The molecular formula is C12H11N3O. The van der Waals surface area contributed by atoms with Gasteiger partial charge >= 0.3 is 0 Å². The molecule has 80 valence electrons. The minimum absolute atomic E-state index is 0.215. The van der Waals surface area contributed by atoms with E-state index >= 15 is 0 Å². The summed E-state index contributed by atoms with van der Waals surface area (Å²) < 4.78 is 1.52. The molecule has 1 aromatic heterocycles. The zero-order chi connectivity index (χ0) is 11.7. The number of para-hydroxylation sites is 1. The van der Waals surface area contributed by atoms with Crippen molar-refractivity contribution in [3.63, 3.8) is 0 Å². The third-order valence-electron chi connectivity index (χ3n) is 2.63. The van der Waals surface area contributed by atoms with Crippen molar-refractivity contribution in [2.24, 2.45) is 12.8 Å². The Morgan fingerprint density at radius 1 is 1.44 bits per heavy atom. The van der Waals surface area contributed by atoms with Crippen molar-refractivity contribution in [1.82, 2.24) is 4.57 Å². The highest BCUT2D eigenvalue weighted by molar-refractivity contribution is 5.79. The lowest BCUT2D eigenvalue weighted by Gasteiger charge is -2.09. The van der Waals surface area contributed by atoms with Crippen molar-refractivity contribution in [2.75, 3.05) is 0 Å². The van der Waals surface area contributed by atoms with Gasteiger partial charge in [-0.05, 0) is 17.5 Å². The van der Waals surface area contributed by atoms with Gasteiger partial charge in [0.15, 0.2) is 0 Å². The monoisotopic (exact) mass is 213 g/mol. The summed E-state index contributed by atoms with van der Waals surface area (Å²) in [7, 11) is 1.68. The summed E-state index contributed by atoms with van der Waals surface area (Å²) in [4.78, 5) is 11.9. The molecule has 1 aromatic carbocycles. The number of hydrogen-bond acceptors (Lipinski definition) is 3. The average Bonchev–Trinajstić information content (AvgIpc) is 2.33. The minimum Gasteiger partial charge on any atom is -0.312 e. The standard InChI is InChI=1S/C12H11N3O/c1-15-11-5-3-2-4-8(11)6-9(12(15)16)10(14)7-13/h2-6,10H,14H2,1H3/t10-/m0/s1. The molecule has 0 bridgehead atoms. The summed E-state index contributed by atoms with van der Waals surface area (Å²) in [5, 5.41) is 9.66. The molecule has 2 N–H and O–H groups in total. The summed E-state index contributed by atoms with van der Waals surface area (Å²) in [5.74, 6) is 0. The predicted octanol–water partition coefficient (Wildman–Crippen LogP) is 1.06.